The molecular formula is C24H22ClN5O. The molecule has 156 valence electrons. The molecule has 31 heavy (non-hydrogen) atoms. The fraction of sp³-hybridized carbons (Fsp3) is 0.292. The van der Waals surface area contributed by atoms with Crippen LogP contribution in [-0.4, -0.2) is 36.6 Å². The summed E-state index contributed by atoms with van der Waals surface area (Å²) in [5, 5.41) is 1.75. The molecule has 0 unspecified atom stereocenters. The number of fused-ring (bicyclic) bond motifs is 4. The van der Waals surface area contributed by atoms with E-state index in [-0.39, 0.29) is 6.10 Å². The molecule has 0 N–H and O–H groups in total. The molecule has 6 rings (SSSR count). The Balaban J connectivity index is 1.56. The van der Waals surface area contributed by atoms with Gasteiger partial charge >= 0.3 is 0 Å². The molecule has 2 atom stereocenters. The monoisotopic (exact) mass is 431 g/mol. The molecule has 4 aromatic heterocycles. The molecule has 0 bridgehead atoms. The second-order valence-corrected chi connectivity index (χ2v) is 8.72. The summed E-state index contributed by atoms with van der Waals surface area (Å²) in [6.07, 6.45) is 8.76. The van der Waals surface area contributed by atoms with Gasteiger partial charge in [0.05, 0.1) is 29.0 Å². The predicted molar refractivity (Wildman–Crippen MR) is 122 cm³/mol. The molecule has 1 saturated heterocycles. The zero-order valence-electron chi connectivity index (χ0n) is 17.2. The third-order valence-electron chi connectivity index (χ3n) is 6.13. The van der Waals surface area contributed by atoms with Gasteiger partial charge in [0.25, 0.3) is 0 Å². The fourth-order valence-corrected chi connectivity index (χ4v) is 4.93. The average molecular weight is 432 g/mol. The standard InChI is InChI=1S/C24H22ClN5O/c1-15-10-18(7-9-31-15)30-23(12-17-14-29-8-3-2-4-22(29)27-17)28-21-13-26-20-6-5-16(25)11-19(20)24(21)30/h2-6,8,11,13-15,18H,7,9-10,12H2,1H3/t15-,18-/m1/s1. The molecule has 1 aromatic carbocycles. The predicted octanol–water partition coefficient (Wildman–Crippen LogP) is 5.22. The van der Waals surface area contributed by atoms with Gasteiger partial charge in [-0.1, -0.05) is 17.7 Å². The van der Waals surface area contributed by atoms with Crippen molar-refractivity contribution in [3.05, 3.63) is 71.5 Å². The van der Waals surface area contributed by atoms with Crippen LogP contribution in [0.15, 0.2) is 55.0 Å². The van der Waals surface area contributed by atoms with Crippen LogP contribution in [0.3, 0.4) is 0 Å². The van der Waals surface area contributed by atoms with E-state index in [2.05, 4.69) is 27.1 Å². The Labute approximate surface area is 184 Å². The normalized spacial score (nSPS) is 19.5. The van der Waals surface area contributed by atoms with Gasteiger partial charge in [0.1, 0.15) is 17.0 Å². The summed E-state index contributed by atoms with van der Waals surface area (Å²) in [7, 11) is 0. The number of aromatic nitrogens is 5. The average Bonchev–Trinajstić information content (AvgIpc) is 3.34. The van der Waals surface area contributed by atoms with Gasteiger partial charge in [-0.25, -0.2) is 9.97 Å². The maximum absolute atomic E-state index is 6.37. The summed E-state index contributed by atoms with van der Waals surface area (Å²) in [5.74, 6) is 1.01. The Morgan fingerprint density at radius 2 is 2.10 bits per heavy atom. The van der Waals surface area contributed by atoms with Crippen LogP contribution in [0.25, 0.3) is 27.6 Å². The number of rotatable bonds is 3. The van der Waals surface area contributed by atoms with E-state index >= 15 is 0 Å². The fourth-order valence-electron chi connectivity index (χ4n) is 4.76. The molecular weight excluding hydrogens is 410 g/mol. The van der Waals surface area contributed by atoms with E-state index < -0.39 is 0 Å². The molecule has 1 fully saturated rings. The molecule has 1 aliphatic rings. The molecule has 7 heteroatoms. The van der Waals surface area contributed by atoms with Crippen molar-refractivity contribution in [2.24, 2.45) is 0 Å². The number of pyridine rings is 2. The minimum Gasteiger partial charge on any atom is -0.378 e. The summed E-state index contributed by atoms with van der Waals surface area (Å²) >= 11 is 6.37. The highest BCUT2D eigenvalue weighted by Gasteiger charge is 2.26. The lowest BCUT2D eigenvalue weighted by Crippen LogP contribution is -2.26. The highest BCUT2D eigenvalue weighted by Crippen LogP contribution is 2.34. The Bertz CT molecular complexity index is 1390. The molecule has 0 amide bonds. The van der Waals surface area contributed by atoms with Crippen molar-refractivity contribution in [3.8, 4) is 0 Å². The maximum Gasteiger partial charge on any atom is 0.136 e. The van der Waals surface area contributed by atoms with Crippen LogP contribution in [0.5, 0.6) is 0 Å². The van der Waals surface area contributed by atoms with Crippen molar-refractivity contribution < 1.29 is 4.74 Å². The first-order chi connectivity index (χ1) is 15.2. The van der Waals surface area contributed by atoms with E-state index in [0.29, 0.717) is 17.5 Å². The molecule has 0 radical (unpaired) electrons. The molecule has 5 heterocycles. The third-order valence-corrected chi connectivity index (χ3v) is 6.36. The van der Waals surface area contributed by atoms with Crippen molar-refractivity contribution >= 4 is 39.2 Å². The van der Waals surface area contributed by atoms with Gasteiger partial charge in [0, 0.05) is 41.9 Å². The van der Waals surface area contributed by atoms with Crippen LogP contribution < -0.4 is 0 Å². The second kappa shape index (κ2) is 7.32. The van der Waals surface area contributed by atoms with Crippen LogP contribution in [0, 0.1) is 0 Å². The highest BCUT2D eigenvalue weighted by atomic mass is 35.5. The van der Waals surface area contributed by atoms with Gasteiger partial charge in [-0.3, -0.25) is 4.98 Å². The molecule has 0 saturated carbocycles. The topological polar surface area (TPSA) is 57.2 Å². The van der Waals surface area contributed by atoms with Crippen molar-refractivity contribution in [2.75, 3.05) is 6.61 Å². The Morgan fingerprint density at radius 3 is 2.97 bits per heavy atom. The number of hydrogen-bond acceptors (Lipinski definition) is 4. The van der Waals surface area contributed by atoms with Crippen molar-refractivity contribution in [1.82, 2.24) is 23.9 Å². The molecule has 6 nitrogen and oxygen atoms in total. The third kappa shape index (κ3) is 3.27. The van der Waals surface area contributed by atoms with Crippen molar-refractivity contribution in [3.63, 3.8) is 0 Å². The summed E-state index contributed by atoms with van der Waals surface area (Å²) < 4.78 is 10.3. The maximum atomic E-state index is 6.37. The van der Waals surface area contributed by atoms with Crippen LogP contribution >= 0.6 is 11.6 Å². The number of imidazole rings is 2. The molecule has 5 aromatic rings. The van der Waals surface area contributed by atoms with Gasteiger partial charge in [-0.2, -0.15) is 0 Å². The zero-order valence-corrected chi connectivity index (χ0v) is 18.0. The smallest absolute Gasteiger partial charge is 0.136 e. The summed E-state index contributed by atoms with van der Waals surface area (Å²) in [4.78, 5) is 14.5. The van der Waals surface area contributed by atoms with Gasteiger partial charge in [-0.05, 0) is 50.1 Å². The molecule has 0 spiro atoms. The molecule has 0 aliphatic carbocycles. The first kappa shape index (κ1) is 18.8. The Morgan fingerprint density at radius 1 is 1.16 bits per heavy atom. The van der Waals surface area contributed by atoms with E-state index in [4.69, 9.17) is 26.3 Å². The van der Waals surface area contributed by atoms with Crippen LogP contribution in [0.1, 0.15) is 37.3 Å². The minimum atomic E-state index is 0.218. The van der Waals surface area contributed by atoms with Crippen molar-refractivity contribution in [1.29, 1.82) is 0 Å². The largest absolute Gasteiger partial charge is 0.378 e. The molecule has 1 aliphatic heterocycles. The first-order valence-corrected chi connectivity index (χ1v) is 11.0. The van der Waals surface area contributed by atoms with Crippen LogP contribution in [0.4, 0.5) is 0 Å². The lowest BCUT2D eigenvalue weighted by atomic mass is 10.0. The Hall–Kier alpha value is -2.96. The SMILES string of the molecule is C[C@@H]1C[C@H](n2c(Cc3cn4ccccc4n3)nc3cnc4ccc(Cl)cc4c32)CCO1. The summed E-state index contributed by atoms with van der Waals surface area (Å²) in [6.45, 7) is 2.90. The lowest BCUT2D eigenvalue weighted by Gasteiger charge is -2.30. The van der Waals surface area contributed by atoms with E-state index in [0.717, 1.165) is 58.6 Å². The van der Waals surface area contributed by atoms with Crippen LogP contribution in [0.2, 0.25) is 5.02 Å². The van der Waals surface area contributed by atoms with E-state index in [1.165, 1.54) is 0 Å². The Kier molecular flexibility index (Phi) is 4.44. The quantitative estimate of drug-likeness (QED) is 0.393. The first-order valence-electron chi connectivity index (χ1n) is 10.6. The number of nitrogens with zero attached hydrogens (tertiary/aromatic N) is 5. The van der Waals surface area contributed by atoms with Gasteiger partial charge in [0.15, 0.2) is 0 Å². The number of hydrogen-bond donors (Lipinski definition) is 0. The summed E-state index contributed by atoms with van der Waals surface area (Å²) in [5.41, 5.74) is 4.87. The number of benzene rings is 1. The van der Waals surface area contributed by atoms with Crippen molar-refractivity contribution in [2.45, 2.75) is 38.3 Å². The minimum absolute atomic E-state index is 0.218. The number of ether oxygens (including phenoxy) is 1. The summed E-state index contributed by atoms with van der Waals surface area (Å²) in [6, 6.07) is 12.2. The highest BCUT2D eigenvalue weighted by molar-refractivity contribution is 6.31. The van der Waals surface area contributed by atoms with Crippen LogP contribution in [-0.2, 0) is 11.2 Å². The van der Waals surface area contributed by atoms with Gasteiger partial charge in [0.2, 0.25) is 0 Å². The van der Waals surface area contributed by atoms with Gasteiger partial charge < -0.3 is 13.7 Å². The zero-order chi connectivity index (χ0) is 20.9. The van der Waals surface area contributed by atoms with E-state index in [1.54, 1.807) is 0 Å². The second-order valence-electron chi connectivity index (χ2n) is 8.29. The number of halogens is 1. The van der Waals surface area contributed by atoms with Gasteiger partial charge in [-0.15, -0.1) is 0 Å². The lowest BCUT2D eigenvalue weighted by molar-refractivity contribution is 0.00631. The van der Waals surface area contributed by atoms with E-state index in [1.807, 2.05) is 48.8 Å². The van der Waals surface area contributed by atoms with E-state index in [9.17, 15) is 0 Å².